The lowest BCUT2D eigenvalue weighted by Crippen LogP contribution is -2.34. The van der Waals surface area contributed by atoms with Crippen molar-refractivity contribution in [2.24, 2.45) is 7.05 Å². The second-order valence-electron chi connectivity index (χ2n) is 3.23. The van der Waals surface area contributed by atoms with Crippen LogP contribution in [0.1, 0.15) is 11.9 Å². The number of hydrogen-bond acceptors (Lipinski definition) is 5. The molecule has 14 heavy (non-hydrogen) atoms. The van der Waals surface area contributed by atoms with Crippen LogP contribution in [0.4, 0.5) is 0 Å². The van der Waals surface area contributed by atoms with Crippen molar-refractivity contribution in [2.75, 3.05) is 19.8 Å². The molecule has 0 saturated carbocycles. The number of nitrogens with zero attached hydrogens (tertiary/aromatic N) is 3. The molecule has 1 aliphatic rings. The van der Waals surface area contributed by atoms with E-state index in [2.05, 4.69) is 10.2 Å². The van der Waals surface area contributed by atoms with Gasteiger partial charge in [-0.3, -0.25) is 0 Å². The van der Waals surface area contributed by atoms with Crippen LogP contribution in [0.15, 0.2) is 6.33 Å². The monoisotopic (exact) mass is 199 g/mol. The van der Waals surface area contributed by atoms with Crippen LogP contribution in [0.5, 0.6) is 0 Å². The molecule has 1 aromatic rings. The zero-order valence-corrected chi connectivity index (χ0v) is 7.96. The van der Waals surface area contributed by atoms with E-state index in [1.807, 2.05) is 0 Å². The number of aromatic nitrogens is 3. The third kappa shape index (κ3) is 1.77. The second kappa shape index (κ2) is 4.04. The number of ether oxygens (including phenoxy) is 2. The molecule has 2 unspecified atom stereocenters. The minimum Gasteiger partial charge on any atom is -0.382 e. The highest BCUT2D eigenvalue weighted by atomic mass is 16.6. The van der Waals surface area contributed by atoms with Crippen molar-refractivity contribution in [1.29, 1.82) is 0 Å². The molecule has 1 N–H and O–H groups in total. The van der Waals surface area contributed by atoms with Gasteiger partial charge < -0.3 is 19.1 Å². The maximum atomic E-state index is 9.89. The Morgan fingerprint density at radius 1 is 1.64 bits per heavy atom. The number of aliphatic hydroxyl groups excluding tert-OH is 1. The van der Waals surface area contributed by atoms with Crippen LogP contribution in [0.3, 0.4) is 0 Å². The van der Waals surface area contributed by atoms with Gasteiger partial charge in [0.15, 0.2) is 5.82 Å². The lowest BCUT2D eigenvalue weighted by Gasteiger charge is -2.26. The SMILES string of the molecule is Cn1cnnc1C(O)C1COCCO1. The van der Waals surface area contributed by atoms with Gasteiger partial charge in [-0.1, -0.05) is 0 Å². The van der Waals surface area contributed by atoms with E-state index in [1.165, 1.54) is 0 Å². The first-order chi connectivity index (χ1) is 6.79. The Morgan fingerprint density at radius 3 is 3.07 bits per heavy atom. The van der Waals surface area contributed by atoms with Crippen LogP contribution in [-0.4, -0.2) is 45.8 Å². The molecule has 6 nitrogen and oxygen atoms in total. The Bertz CT molecular complexity index is 296. The smallest absolute Gasteiger partial charge is 0.164 e. The summed E-state index contributed by atoms with van der Waals surface area (Å²) in [5.74, 6) is 0.500. The van der Waals surface area contributed by atoms with Crippen LogP contribution >= 0.6 is 0 Å². The van der Waals surface area contributed by atoms with Crippen molar-refractivity contribution >= 4 is 0 Å². The molecule has 0 amide bonds. The van der Waals surface area contributed by atoms with Crippen molar-refractivity contribution in [3.05, 3.63) is 12.2 Å². The molecule has 1 saturated heterocycles. The van der Waals surface area contributed by atoms with Gasteiger partial charge in [-0.25, -0.2) is 0 Å². The summed E-state index contributed by atoms with van der Waals surface area (Å²) in [7, 11) is 1.78. The van der Waals surface area contributed by atoms with E-state index in [-0.39, 0.29) is 6.10 Å². The topological polar surface area (TPSA) is 69.4 Å². The molecule has 2 atom stereocenters. The lowest BCUT2D eigenvalue weighted by molar-refractivity contribution is -0.135. The van der Waals surface area contributed by atoms with Crippen LogP contribution in [-0.2, 0) is 16.5 Å². The van der Waals surface area contributed by atoms with Crippen molar-refractivity contribution < 1.29 is 14.6 Å². The predicted octanol–water partition coefficient (Wildman–Crippen LogP) is -0.736. The average Bonchev–Trinajstić information content (AvgIpc) is 2.65. The largest absolute Gasteiger partial charge is 0.382 e. The Labute approximate surface area is 81.5 Å². The van der Waals surface area contributed by atoms with E-state index in [0.717, 1.165) is 0 Å². The molecule has 0 aromatic carbocycles. The molecule has 1 fully saturated rings. The van der Waals surface area contributed by atoms with Crippen LogP contribution in [0.2, 0.25) is 0 Å². The zero-order valence-electron chi connectivity index (χ0n) is 7.96. The first-order valence-electron chi connectivity index (χ1n) is 4.50. The van der Waals surface area contributed by atoms with Crippen LogP contribution in [0, 0.1) is 0 Å². The van der Waals surface area contributed by atoms with E-state index >= 15 is 0 Å². The highest BCUT2D eigenvalue weighted by Crippen LogP contribution is 2.18. The molecule has 0 aliphatic carbocycles. The van der Waals surface area contributed by atoms with Gasteiger partial charge in [0.1, 0.15) is 18.5 Å². The van der Waals surface area contributed by atoms with E-state index < -0.39 is 6.10 Å². The number of aliphatic hydroxyl groups is 1. The molecule has 6 heteroatoms. The highest BCUT2D eigenvalue weighted by Gasteiger charge is 2.27. The minimum atomic E-state index is -0.775. The summed E-state index contributed by atoms with van der Waals surface area (Å²) >= 11 is 0. The molecule has 0 spiro atoms. The zero-order chi connectivity index (χ0) is 9.97. The van der Waals surface area contributed by atoms with Crippen molar-refractivity contribution in [3.63, 3.8) is 0 Å². The fourth-order valence-electron chi connectivity index (χ4n) is 1.41. The summed E-state index contributed by atoms with van der Waals surface area (Å²) in [6, 6.07) is 0. The normalized spacial score (nSPS) is 24.9. The van der Waals surface area contributed by atoms with Crippen LogP contribution in [0.25, 0.3) is 0 Å². The van der Waals surface area contributed by atoms with Gasteiger partial charge in [0, 0.05) is 7.05 Å². The van der Waals surface area contributed by atoms with Crippen LogP contribution < -0.4 is 0 Å². The molecular weight excluding hydrogens is 186 g/mol. The summed E-state index contributed by atoms with van der Waals surface area (Å²) in [4.78, 5) is 0. The summed E-state index contributed by atoms with van der Waals surface area (Å²) in [5, 5.41) is 17.4. The maximum Gasteiger partial charge on any atom is 0.164 e. The van der Waals surface area contributed by atoms with Gasteiger partial charge in [0.2, 0.25) is 0 Å². The quantitative estimate of drug-likeness (QED) is 0.679. The predicted molar refractivity (Wildman–Crippen MR) is 46.5 cm³/mol. The molecule has 78 valence electrons. The van der Waals surface area contributed by atoms with Crippen molar-refractivity contribution in [1.82, 2.24) is 14.8 Å². The molecule has 0 radical (unpaired) electrons. The van der Waals surface area contributed by atoms with E-state index in [0.29, 0.717) is 25.6 Å². The van der Waals surface area contributed by atoms with Crippen molar-refractivity contribution in [2.45, 2.75) is 12.2 Å². The molecule has 1 aromatic heterocycles. The second-order valence-corrected chi connectivity index (χ2v) is 3.23. The van der Waals surface area contributed by atoms with E-state index in [9.17, 15) is 5.11 Å². The number of rotatable bonds is 2. The fourth-order valence-corrected chi connectivity index (χ4v) is 1.41. The Balaban J connectivity index is 2.07. The fraction of sp³-hybridized carbons (Fsp3) is 0.750. The maximum absolute atomic E-state index is 9.89. The summed E-state index contributed by atoms with van der Waals surface area (Å²) in [6.45, 7) is 1.50. The number of hydrogen-bond donors (Lipinski definition) is 1. The standard InChI is InChI=1S/C8H13N3O3/c1-11-5-9-10-8(11)7(12)6-4-13-2-3-14-6/h5-7,12H,2-4H2,1H3. The van der Waals surface area contributed by atoms with Gasteiger partial charge in [0.25, 0.3) is 0 Å². The van der Waals surface area contributed by atoms with Gasteiger partial charge in [0.05, 0.1) is 19.8 Å². The van der Waals surface area contributed by atoms with Gasteiger partial charge >= 0.3 is 0 Å². The Hall–Kier alpha value is -0.980. The number of aryl methyl sites for hydroxylation is 1. The molecular formula is C8H13N3O3. The third-order valence-corrected chi connectivity index (χ3v) is 2.20. The molecule has 0 bridgehead atoms. The van der Waals surface area contributed by atoms with Gasteiger partial charge in [-0.15, -0.1) is 10.2 Å². The molecule has 2 heterocycles. The molecule has 2 rings (SSSR count). The van der Waals surface area contributed by atoms with Crippen molar-refractivity contribution in [3.8, 4) is 0 Å². The Morgan fingerprint density at radius 2 is 2.50 bits per heavy atom. The van der Waals surface area contributed by atoms with Gasteiger partial charge in [-0.05, 0) is 0 Å². The first kappa shape index (κ1) is 9.57. The summed E-state index contributed by atoms with van der Waals surface area (Å²) in [5.41, 5.74) is 0. The van der Waals surface area contributed by atoms with E-state index in [1.54, 1.807) is 17.9 Å². The minimum absolute atomic E-state index is 0.341. The van der Waals surface area contributed by atoms with E-state index in [4.69, 9.17) is 9.47 Å². The summed E-state index contributed by atoms with van der Waals surface area (Å²) in [6.07, 6.45) is 0.428. The highest BCUT2D eigenvalue weighted by molar-refractivity contribution is 4.94. The first-order valence-corrected chi connectivity index (χ1v) is 4.50. The Kier molecular flexibility index (Phi) is 2.76. The summed E-state index contributed by atoms with van der Waals surface area (Å²) < 4.78 is 12.2. The molecule has 1 aliphatic heterocycles. The van der Waals surface area contributed by atoms with Gasteiger partial charge in [-0.2, -0.15) is 0 Å². The average molecular weight is 199 g/mol. The lowest BCUT2D eigenvalue weighted by atomic mass is 10.2. The third-order valence-electron chi connectivity index (χ3n) is 2.20.